The van der Waals surface area contributed by atoms with Crippen LogP contribution in [0.1, 0.15) is 24.2 Å². The smallest absolute Gasteiger partial charge is 0.238 e. The minimum atomic E-state index is -3.69. The third kappa shape index (κ3) is 4.83. The normalized spacial score (nSPS) is 15.4. The predicted molar refractivity (Wildman–Crippen MR) is 115 cm³/mol. The van der Waals surface area contributed by atoms with Crippen LogP contribution in [0, 0.1) is 12.8 Å². The molecule has 0 atom stereocenters. The highest BCUT2D eigenvalue weighted by molar-refractivity contribution is 7.89. The summed E-state index contributed by atoms with van der Waals surface area (Å²) in [5.74, 6) is 1.63. The lowest BCUT2D eigenvalue weighted by atomic mass is 9.96. The van der Waals surface area contributed by atoms with Crippen LogP contribution in [0.4, 0.5) is 5.82 Å². The number of nitrogens with one attached hydrogen (secondary N) is 1. The summed E-state index contributed by atoms with van der Waals surface area (Å²) in [7, 11) is -3.69. The number of benzene rings is 1. The summed E-state index contributed by atoms with van der Waals surface area (Å²) in [6.45, 7) is 3.88. The number of aromatic nitrogens is 4. The van der Waals surface area contributed by atoms with E-state index in [0.717, 1.165) is 48.8 Å². The van der Waals surface area contributed by atoms with E-state index in [1.807, 2.05) is 19.1 Å². The van der Waals surface area contributed by atoms with Crippen molar-refractivity contribution >= 4 is 27.4 Å². The van der Waals surface area contributed by atoms with Gasteiger partial charge >= 0.3 is 0 Å². The molecule has 3 N–H and O–H groups in total. The molecule has 31 heavy (non-hydrogen) atoms. The van der Waals surface area contributed by atoms with E-state index in [-0.39, 0.29) is 16.7 Å². The van der Waals surface area contributed by atoms with Gasteiger partial charge in [-0.05, 0) is 56.0 Å². The number of amides is 1. The quantitative estimate of drug-likeness (QED) is 0.571. The number of nitrogens with zero attached hydrogens (tertiary/aromatic N) is 5. The van der Waals surface area contributed by atoms with Gasteiger partial charge in [-0.2, -0.15) is 4.52 Å². The summed E-state index contributed by atoms with van der Waals surface area (Å²) in [4.78, 5) is 14.8. The number of hydrogen-bond acceptors (Lipinski definition) is 7. The number of hydrogen-bond donors (Lipinski definition) is 2. The van der Waals surface area contributed by atoms with E-state index in [2.05, 4.69) is 25.5 Å². The van der Waals surface area contributed by atoms with Gasteiger partial charge in [-0.1, -0.05) is 12.1 Å². The van der Waals surface area contributed by atoms with Crippen LogP contribution in [0.2, 0.25) is 0 Å². The number of piperidine rings is 1. The second-order valence-electron chi connectivity index (χ2n) is 7.70. The van der Waals surface area contributed by atoms with E-state index in [9.17, 15) is 13.2 Å². The molecule has 1 fully saturated rings. The Balaban J connectivity index is 1.25. The van der Waals surface area contributed by atoms with Gasteiger partial charge in [0, 0.05) is 25.6 Å². The summed E-state index contributed by atoms with van der Waals surface area (Å²) in [6.07, 6.45) is 2.14. The predicted octanol–water partition coefficient (Wildman–Crippen LogP) is 0.655. The number of aryl methyl sites for hydroxylation is 1. The van der Waals surface area contributed by atoms with Gasteiger partial charge in [-0.15, -0.1) is 15.3 Å². The number of rotatable bonds is 6. The van der Waals surface area contributed by atoms with Crippen molar-refractivity contribution in [2.75, 3.05) is 24.5 Å². The number of fused-ring (bicyclic) bond motifs is 1. The molecule has 0 aliphatic carbocycles. The molecule has 0 spiro atoms. The third-order valence-electron chi connectivity index (χ3n) is 5.56. The Bertz CT molecular complexity index is 1180. The molecule has 1 aliphatic rings. The summed E-state index contributed by atoms with van der Waals surface area (Å²) in [5, 5.41) is 20.8. The molecule has 0 saturated carbocycles. The lowest BCUT2D eigenvalue weighted by Crippen LogP contribution is -2.41. The van der Waals surface area contributed by atoms with Crippen LogP contribution in [-0.2, 0) is 21.2 Å². The Morgan fingerprint density at radius 2 is 1.84 bits per heavy atom. The fourth-order valence-electron chi connectivity index (χ4n) is 3.75. The number of anilines is 1. The lowest BCUT2D eigenvalue weighted by molar-refractivity contribution is -0.125. The van der Waals surface area contributed by atoms with Crippen LogP contribution < -0.4 is 15.4 Å². The first-order valence-electron chi connectivity index (χ1n) is 10.1. The van der Waals surface area contributed by atoms with Crippen molar-refractivity contribution in [3.8, 4) is 0 Å². The molecule has 164 valence electrons. The zero-order valence-corrected chi connectivity index (χ0v) is 18.0. The number of carbonyl (C=O) groups excluding carboxylic acids is 1. The SMILES string of the molecule is Cc1nnc2ccc(N3CCC(C(=O)NCCc4ccc(S(N)(=O)=O)cc4)CC3)nn12. The minimum Gasteiger partial charge on any atom is -0.356 e. The van der Waals surface area contributed by atoms with E-state index < -0.39 is 10.0 Å². The Hall–Kier alpha value is -3.05. The zero-order valence-electron chi connectivity index (χ0n) is 17.2. The molecule has 1 amide bonds. The molecule has 4 rings (SSSR count). The molecular formula is C20H25N7O3S. The van der Waals surface area contributed by atoms with Crippen molar-refractivity contribution in [3.05, 3.63) is 47.8 Å². The Morgan fingerprint density at radius 3 is 2.52 bits per heavy atom. The number of carbonyl (C=O) groups is 1. The lowest BCUT2D eigenvalue weighted by Gasteiger charge is -2.32. The van der Waals surface area contributed by atoms with Gasteiger partial charge in [0.15, 0.2) is 11.5 Å². The standard InChI is InChI=1S/C20H25N7O3S/c1-14-23-24-18-6-7-19(25-27(14)18)26-12-9-16(10-13-26)20(28)22-11-8-15-2-4-17(5-3-15)31(21,29)30/h2-7,16H,8-13H2,1H3,(H,22,28)(H2,21,29,30). The third-order valence-corrected chi connectivity index (χ3v) is 6.49. The topological polar surface area (TPSA) is 136 Å². The summed E-state index contributed by atoms with van der Waals surface area (Å²) in [6, 6.07) is 10.2. The average Bonchev–Trinajstić information content (AvgIpc) is 3.14. The van der Waals surface area contributed by atoms with E-state index in [1.54, 1.807) is 16.6 Å². The summed E-state index contributed by atoms with van der Waals surface area (Å²) >= 11 is 0. The van der Waals surface area contributed by atoms with Crippen LogP contribution in [0.25, 0.3) is 5.65 Å². The number of nitrogens with two attached hydrogens (primary N) is 1. The van der Waals surface area contributed by atoms with Crippen molar-refractivity contribution in [2.24, 2.45) is 11.1 Å². The van der Waals surface area contributed by atoms with Gasteiger partial charge in [-0.3, -0.25) is 4.79 Å². The van der Waals surface area contributed by atoms with Crippen LogP contribution in [0.15, 0.2) is 41.3 Å². The Morgan fingerprint density at radius 1 is 1.13 bits per heavy atom. The summed E-state index contributed by atoms with van der Waals surface area (Å²) < 4.78 is 24.3. The van der Waals surface area contributed by atoms with Crippen LogP contribution in [0.5, 0.6) is 0 Å². The van der Waals surface area contributed by atoms with Crippen LogP contribution >= 0.6 is 0 Å². The van der Waals surface area contributed by atoms with Gasteiger partial charge in [0.2, 0.25) is 15.9 Å². The maximum absolute atomic E-state index is 12.5. The number of sulfonamides is 1. The van der Waals surface area contributed by atoms with Gasteiger partial charge in [-0.25, -0.2) is 13.6 Å². The second-order valence-corrected chi connectivity index (χ2v) is 9.26. The van der Waals surface area contributed by atoms with E-state index >= 15 is 0 Å². The molecular weight excluding hydrogens is 418 g/mol. The van der Waals surface area contributed by atoms with E-state index in [4.69, 9.17) is 5.14 Å². The largest absolute Gasteiger partial charge is 0.356 e. The molecule has 3 heterocycles. The Kier molecular flexibility index (Phi) is 5.88. The van der Waals surface area contributed by atoms with Crippen molar-refractivity contribution in [1.82, 2.24) is 25.1 Å². The maximum Gasteiger partial charge on any atom is 0.238 e. The first-order chi connectivity index (χ1) is 14.8. The molecule has 10 nitrogen and oxygen atoms in total. The molecule has 0 radical (unpaired) electrons. The first kappa shape index (κ1) is 21.2. The molecule has 2 aromatic heterocycles. The molecule has 0 unspecified atom stereocenters. The van der Waals surface area contributed by atoms with E-state index in [1.165, 1.54) is 12.1 Å². The fraction of sp³-hybridized carbons (Fsp3) is 0.400. The van der Waals surface area contributed by atoms with Crippen LogP contribution in [0.3, 0.4) is 0 Å². The van der Waals surface area contributed by atoms with Gasteiger partial charge in [0.25, 0.3) is 0 Å². The molecule has 1 aromatic carbocycles. The highest BCUT2D eigenvalue weighted by atomic mass is 32.2. The van der Waals surface area contributed by atoms with Crippen molar-refractivity contribution < 1.29 is 13.2 Å². The first-order valence-corrected chi connectivity index (χ1v) is 11.7. The fourth-order valence-corrected chi connectivity index (χ4v) is 4.26. The Labute approximate surface area is 180 Å². The highest BCUT2D eigenvalue weighted by Gasteiger charge is 2.25. The second kappa shape index (κ2) is 8.60. The molecule has 1 saturated heterocycles. The van der Waals surface area contributed by atoms with Crippen molar-refractivity contribution in [3.63, 3.8) is 0 Å². The summed E-state index contributed by atoms with van der Waals surface area (Å²) in [5.41, 5.74) is 1.66. The van der Waals surface area contributed by atoms with Crippen LogP contribution in [-0.4, -0.2) is 53.8 Å². The molecule has 11 heteroatoms. The number of primary sulfonamides is 1. The van der Waals surface area contributed by atoms with Gasteiger partial charge in [0.05, 0.1) is 4.90 Å². The zero-order chi connectivity index (χ0) is 22.0. The van der Waals surface area contributed by atoms with Crippen molar-refractivity contribution in [2.45, 2.75) is 31.1 Å². The van der Waals surface area contributed by atoms with Gasteiger partial charge < -0.3 is 10.2 Å². The molecule has 0 bridgehead atoms. The molecule has 3 aromatic rings. The highest BCUT2D eigenvalue weighted by Crippen LogP contribution is 2.22. The molecule has 1 aliphatic heterocycles. The minimum absolute atomic E-state index is 0.0265. The average molecular weight is 444 g/mol. The van der Waals surface area contributed by atoms with E-state index in [0.29, 0.717) is 13.0 Å². The monoisotopic (exact) mass is 443 g/mol. The van der Waals surface area contributed by atoms with Crippen molar-refractivity contribution in [1.29, 1.82) is 0 Å². The maximum atomic E-state index is 12.5. The van der Waals surface area contributed by atoms with Gasteiger partial charge in [0.1, 0.15) is 5.82 Å².